The number of nitrogens with zero attached hydrogens (tertiary/aromatic N) is 1. The van der Waals surface area contributed by atoms with Gasteiger partial charge in [0.25, 0.3) is 5.91 Å². The molecule has 2 rings (SSSR count). The van der Waals surface area contributed by atoms with Crippen LogP contribution in [-0.4, -0.2) is 23.5 Å². The van der Waals surface area contributed by atoms with Crippen molar-refractivity contribution in [1.29, 1.82) is 0 Å². The summed E-state index contributed by atoms with van der Waals surface area (Å²) in [6.07, 6.45) is 1.40. The highest BCUT2D eigenvalue weighted by molar-refractivity contribution is 6.36. The van der Waals surface area contributed by atoms with Crippen LogP contribution in [0, 0.1) is 0 Å². The van der Waals surface area contributed by atoms with Gasteiger partial charge in [0.2, 0.25) is 0 Å². The highest BCUT2D eigenvalue weighted by Crippen LogP contribution is 2.21. The molecule has 1 aromatic heterocycles. The highest BCUT2D eigenvalue weighted by atomic mass is 35.5. The number of pyridine rings is 1. The van der Waals surface area contributed by atoms with Gasteiger partial charge in [-0.1, -0.05) is 23.2 Å². The van der Waals surface area contributed by atoms with E-state index < -0.39 is 11.9 Å². The zero-order valence-electron chi connectivity index (χ0n) is 11.6. The summed E-state index contributed by atoms with van der Waals surface area (Å²) < 4.78 is 4.89. The minimum atomic E-state index is -0.485. The van der Waals surface area contributed by atoms with Gasteiger partial charge in [-0.2, -0.15) is 0 Å². The molecular formula is C15H12Cl2N2O3. The van der Waals surface area contributed by atoms with Crippen LogP contribution >= 0.6 is 23.2 Å². The molecule has 0 unspecified atom stereocenters. The van der Waals surface area contributed by atoms with Crippen LogP contribution in [0.1, 0.15) is 27.6 Å². The molecule has 0 saturated carbocycles. The van der Waals surface area contributed by atoms with Gasteiger partial charge >= 0.3 is 5.97 Å². The third kappa shape index (κ3) is 3.96. The van der Waals surface area contributed by atoms with E-state index in [9.17, 15) is 9.59 Å². The monoisotopic (exact) mass is 338 g/mol. The molecule has 2 aromatic rings. The average Bonchev–Trinajstić information content (AvgIpc) is 2.50. The average molecular weight is 339 g/mol. The van der Waals surface area contributed by atoms with Crippen molar-refractivity contribution in [3.63, 3.8) is 0 Å². The molecule has 0 aliphatic heterocycles. The van der Waals surface area contributed by atoms with Crippen LogP contribution in [0.4, 0.5) is 5.82 Å². The maximum Gasteiger partial charge on any atom is 0.338 e. The fraction of sp³-hybridized carbons (Fsp3) is 0.133. The quantitative estimate of drug-likeness (QED) is 0.860. The Hall–Kier alpha value is -2.11. The molecule has 7 heteroatoms. The third-order valence-corrected chi connectivity index (χ3v) is 3.25. The van der Waals surface area contributed by atoms with Gasteiger partial charge in [-0.25, -0.2) is 9.78 Å². The van der Waals surface area contributed by atoms with Crippen molar-refractivity contribution >= 4 is 40.9 Å². The molecule has 0 aliphatic rings. The van der Waals surface area contributed by atoms with Gasteiger partial charge in [0.05, 0.1) is 22.8 Å². The Labute approximate surface area is 137 Å². The summed E-state index contributed by atoms with van der Waals surface area (Å²) in [4.78, 5) is 27.8. The van der Waals surface area contributed by atoms with Crippen molar-refractivity contribution in [3.05, 3.63) is 57.7 Å². The Morgan fingerprint density at radius 3 is 2.73 bits per heavy atom. The number of anilines is 1. The molecule has 0 aliphatic carbocycles. The molecule has 0 bridgehead atoms. The van der Waals surface area contributed by atoms with Gasteiger partial charge in [-0.05, 0) is 37.3 Å². The van der Waals surface area contributed by atoms with Crippen LogP contribution < -0.4 is 5.32 Å². The number of hydrogen-bond acceptors (Lipinski definition) is 4. The van der Waals surface area contributed by atoms with Crippen molar-refractivity contribution in [2.24, 2.45) is 0 Å². The van der Waals surface area contributed by atoms with Crippen molar-refractivity contribution < 1.29 is 14.3 Å². The summed E-state index contributed by atoms with van der Waals surface area (Å²) in [5, 5.41) is 3.22. The lowest BCUT2D eigenvalue weighted by molar-refractivity contribution is 0.0526. The van der Waals surface area contributed by atoms with E-state index in [1.54, 1.807) is 13.0 Å². The predicted molar refractivity (Wildman–Crippen MR) is 84.6 cm³/mol. The Morgan fingerprint density at radius 1 is 1.23 bits per heavy atom. The molecule has 0 atom stereocenters. The minimum absolute atomic E-state index is 0.214. The van der Waals surface area contributed by atoms with E-state index in [2.05, 4.69) is 10.3 Å². The largest absolute Gasteiger partial charge is 0.462 e. The van der Waals surface area contributed by atoms with Gasteiger partial charge in [0.1, 0.15) is 5.82 Å². The zero-order chi connectivity index (χ0) is 16.1. The van der Waals surface area contributed by atoms with E-state index in [4.69, 9.17) is 27.9 Å². The van der Waals surface area contributed by atoms with Crippen molar-refractivity contribution in [2.45, 2.75) is 6.92 Å². The first kappa shape index (κ1) is 16.3. The van der Waals surface area contributed by atoms with Crippen LogP contribution in [-0.2, 0) is 4.74 Å². The summed E-state index contributed by atoms with van der Waals surface area (Å²) >= 11 is 11.8. The maximum atomic E-state index is 12.2. The number of esters is 1. The van der Waals surface area contributed by atoms with E-state index in [1.807, 2.05) is 0 Å². The third-order valence-electron chi connectivity index (χ3n) is 2.69. The van der Waals surface area contributed by atoms with Crippen LogP contribution in [0.25, 0.3) is 0 Å². The molecule has 0 spiro atoms. The SMILES string of the molecule is CCOC(=O)c1ccnc(NC(=O)c2cc(Cl)ccc2Cl)c1. The van der Waals surface area contributed by atoms with Gasteiger partial charge in [-0.15, -0.1) is 0 Å². The van der Waals surface area contributed by atoms with Gasteiger partial charge in [-0.3, -0.25) is 4.79 Å². The van der Waals surface area contributed by atoms with Gasteiger partial charge in [0, 0.05) is 11.2 Å². The van der Waals surface area contributed by atoms with Crippen molar-refractivity contribution in [1.82, 2.24) is 4.98 Å². The molecule has 1 amide bonds. The number of rotatable bonds is 4. The highest BCUT2D eigenvalue weighted by Gasteiger charge is 2.13. The van der Waals surface area contributed by atoms with Crippen LogP contribution in [0.2, 0.25) is 10.0 Å². The summed E-state index contributed by atoms with van der Waals surface area (Å²) in [6.45, 7) is 1.98. The summed E-state index contributed by atoms with van der Waals surface area (Å²) in [7, 11) is 0. The number of aromatic nitrogens is 1. The van der Waals surface area contributed by atoms with Gasteiger partial charge < -0.3 is 10.1 Å². The smallest absolute Gasteiger partial charge is 0.338 e. The number of carbonyl (C=O) groups excluding carboxylic acids is 2. The molecule has 5 nitrogen and oxygen atoms in total. The first-order valence-electron chi connectivity index (χ1n) is 6.41. The molecule has 0 fully saturated rings. The first-order valence-corrected chi connectivity index (χ1v) is 7.16. The molecule has 1 heterocycles. The van der Waals surface area contributed by atoms with Crippen molar-refractivity contribution in [3.8, 4) is 0 Å². The summed E-state index contributed by atoms with van der Waals surface area (Å²) in [6, 6.07) is 7.49. The molecule has 22 heavy (non-hydrogen) atoms. The number of nitrogens with one attached hydrogen (secondary N) is 1. The number of benzene rings is 1. The standard InChI is InChI=1S/C15H12Cl2N2O3/c1-2-22-15(21)9-5-6-18-13(7-9)19-14(20)11-8-10(16)3-4-12(11)17/h3-8H,2H2,1H3,(H,18,19,20). The molecule has 0 radical (unpaired) electrons. The number of hydrogen-bond donors (Lipinski definition) is 1. The first-order chi connectivity index (χ1) is 10.5. The van der Waals surface area contributed by atoms with Gasteiger partial charge in [0.15, 0.2) is 0 Å². The molecule has 114 valence electrons. The van der Waals surface area contributed by atoms with Crippen LogP contribution in [0.3, 0.4) is 0 Å². The molecule has 1 aromatic carbocycles. The lowest BCUT2D eigenvalue weighted by Gasteiger charge is -2.08. The summed E-state index contributed by atoms with van der Waals surface area (Å²) in [5.74, 6) is -0.742. The van der Waals surface area contributed by atoms with Crippen LogP contribution in [0.15, 0.2) is 36.5 Å². The fourth-order valence-corrected chi connectivity index (χ4v) is 2.07. The zero-order valence-corrected chi connectivity index (χ0v) is 13.1. The van der Waals surface area contributed by atoms with E-state index in [0.717, 1.165) is 0 Å². The second-order valence-corrected chi connectivity index (χ2v) is 5.07. The molecular weight excluding hydrogens is 327 g/mol. The van der Waals surface area contributed by atoms with E-state index >= 15 is 0 Å². The minimum Gasteiger partial charge on any atom is -0.462 e. The van der Waals surface area contributed by atoms with E-state index in [1.165, 1.54) is 30.5 Å². The lowest BCUT2D eigenvalue weighted by atomic mass is 10.2. The lowest BCUT2D eigenvalue weighted by Crippen LogP contribution is -2.14. The summed E-state index contributed by atoms with van der Waals surface area (Å²) in [5.41, 5.74) is 0.516. The molecule has 1 N–H and O–H groups in total. The second-order valence-electron chi connectivity index (χ2n) is 4.23. The second kappa shape index (κ2) is 7.24. The Bertz CT molecular complexity index is 720. The number of amides is 1. The predicted octanol–water partition coefficient (Wildman–Crippen LogP) is 3.82. The normalized spacial score (nSPS) is 10.1. The number of carbonyl (C=O) groups is 2. The number of halogens is 2. The topological polar surface area (TPSA) is 68.3 Å². The maximum absolute atomic E-state index is 12.2. The van der Waals surface area contributed by atoms with Crippen LogP contribution in [0.5, 0.6) is 0 Å². The van der Waals surface area contributed by atoms with E-state index in [-0.39, 0.29) is 23.0 Å². The fourth-order valence-electron chi connectivity index (χ4n) is 1.70. The Morgan fingerprint density at radius 2 is 2.00 bits per heavy atom. The van der Waals surface area contributed by atoms with Crippen molar-refractivity contribution in [2.75, 3.05) is 11.9 Å². The number of ether oxygens (including phenoxy) is 1. The molecule has 0 saturated heterocycles. The Balaban J connectivity index is 2.20. The van der Waals surface area contributed by atoms with E-state index in [0.29, 0.717) is 10.6 Å². The Kier molecular flexibility index (Phi) is 5.35.